The molecular formula is C19H22O5. The van der Waals surface area contributed by atoms with E-state index in [9.17, 15) is 9.59 Å². The van der Waals surface area contributed by atoms with Gasteiger partial charge in [0, 0.05) is 22.9 Å². The van der Waals surface area contributed by atoms with Crippen LogP contribution in [-0.2, 0) is 11.2 Å². The third-order valence-corrected chi connectivity index (χ3v) is 3.97. The third kappa shape index (κ3) is 3.85. The van der Waals surface area contributed by atoms with E-state index < -0.39 is 11.6 Å². The van der Waals surface area contributed by atoms with E-state index in [2.05, 4.69) is 0 Å². The van der Waals surface area contributed by atoms with Crippen molar-refractivity contribution in [2.24, 2.45) is 0 Å². The van der Waals surface area contributed by atoms with E-state index in [0.717, 1.165) is 16.5 Å². The molecule has 0 atom stereocenters. The second kappa shape index (κ2) is 7.34. The van der Waals surface area contributed by atoms with E-state index in [1.54, 1.807) is 0 Å². The van der Waals surface area contributed by atoms with Gasteiger partial charge in [0.1, 0.15) is 17.9 Å². The van der Waals surface area contributed by atoms with E-state index in [4.69, 9.17) is 14.3 Å². The maximum absolute atomic E-state index is 12.2. The fourth-order valence-electron chi connectivity index (χ4n) is 2.55. The molecule has 5 nitrogen and oxygen atoms in total. The number of hydrogen-bond acceptors (Lipinski definition) is 4. The number of hydrogen-bond donors (Lipinski definition) is 1. The fraction of sp³-hybridized carbons (Fsp3) is 0.368. The van der Waals surface area contributed by atoms with Crippen molar-refractivity contribution in [3.05, 3.63) is 50.9 Å². The standard InChI is InChI=1S/C19H22O5/c1-11(2)9-10-23-16-7-5-14-12(3)15(6-8-17(20)21)19(22)24-18(14)13(16)4/h5,7,9H,6,8,10H2,1-4H3,(H,20,21). The molecule has 0 amide bonds. The SMILES string of the molecule is CC(C)=CCOc1ccc2c(C)c(CCC(=O)O)c(=O)oc2c1C. The molecule has 0 spiro atoms. The molecule has 0 bridgehead atoms. The summed E-state index contributed by atoms with van der Waals surface area (Å²) in [4.78, 5) is 23.0. The first-order valence-electron chi connectivity index (χ1n) is 7.85. The number of fused-ring (bicyclic) bond motifs is 1. The van der Waals surface area contributed by atoms with Gasteiger partial charge in [-0.2, -0.15) is 0 Å². The van der Waals surface area contributed by atoms with Gasteiger partial charge in [-0.1, -0.05) is 5.57 Å². The molecule has 2 rings (SSSR count). The second-order valence-corrected chi connectivity index (χ2v) is 6.04. The van der Waals surface area contributed by atoms with Crippen molar-refractivity contribution >= 4 is 16.9 Å². The lowest BCUT2D eigenvalue weighted by Crippen LogP contribution is -2.12. The van der Waals surface area contributed by atoms with E-state index in [-0.39, 0.29) is 12.8 Å². The zero-order valence-electron chi connectivity index (χ0n) is 14.4. The Balaban J connectivity index is 2.45. The summed E-state index contributed by atoms with van der Waals surface area (Å²) in [6, 6.07) is 3.70. The smallest absolute Gasteiger partial charge is 0.339 e. The van der Waals surface area contributed by atoms with Crippen LogP contribution in [0.1, 0.15) is 37.0 Å². The van der Waals surface area contributed by atoms with Crippen LogP contribution >= 0.6 is 0 Å². The predicted octanol–water partition coefficient (Wildman–Crippen LogP) is 3.77. The summed E-state index contributed by atoms with van der Waals surface area (Å²) >= 11 is 0. The maximum atomic E-state index is 12.2. The van der Waals surface area contributed by atoms with Crippen molar-refractivity contribution < 1.29 is 19.1 Å². The van der Waals surface area contributed by atoms with Gasteiger partial charge in [0.05, 0.1) is 0 Å². The molecule has 5 heteroatoms. The number of aryl methyl sites for hydroxylation is 2. The summed E-state index contributed by atoms with van der Waals surface area (Å²) in [6.07, 6.45) is 2.04. The van der Waals surface area contributed by atoms with Gasteiger partial charge < -0.3 is 14.3 Å². The molecule has 0 aliphatic rings. The van der Waals surface area contributed by atoms with Gasteiger partial charge in [0.15, 0.2) is 0 Å². The molecule has 1 aromatic carbocycles. The highest BCUT2D eigenvalue weighted by molar-refractivity contribution is 5.85. The van der Waals surface area contributed by atoms with E-state index >= 15 is 0 Å². The van der Waals surface area contributed by atoms with Crippen molar-refractivity contribution in [2.75, 3.05) is 6.61 Å². The van der Waals surface area contributed by atoms with Crippen LogP contribution in [-0.4, -0.2) is 17.7 Å². The van der Waals surface area contributed by atoms with Gasteiger partial charge in [-0.3, -0.25) is 4.79 Å². The van der Waals surface area contributed by atoms with Crippen LogP contribution < -0.4 is 10.4 Å². The van der Waals surface area contributed by atoms with Crippen molar-refractivity contribution in [2.45, 2.75) is 40.5 Å². The van der Waals surface area contributed by atoms with Crippen molar-refractivity contribution in [3.8, 4) is 5.75 Å². The quantitative estimate of drug-likeness (QED) is 0.644. The number of ether oxygens (including phenoxy) is 1. The van der Waals surface area contributed by atoms with Crippen molar-refractivity contribution in [1.29, 1.82) is 0 Å². The average molecular weight is 330 g/mol. The van der Waals surface area contributed by atoms with Crippen molar-refractivity contribution in [1.82, 2.24) is 0 Å². The second-order valence-electron chi connectivity index (χ2n) is 6.04. The summed E-state index contributed by atoms with van der Waals surface area (Å²) in [7, 11) is 0. The zero-order valence-corrected chi connectivity index (χ0v) is 14.4. The molecule has 1 aromatic heterocycles. The molecule has 1 N–H and O–H groups in total. The monoisotopic (exact) mass is 330 g/mol. The Hall–Kier alpha value is -2.56. The number of carbonyl (C=O) groups is 1. The Kier molecular flexibility index (Phi) is 5.44. The third-order valence-electron chi connectivity index (χ3n) is 3.97. The van der Waals surface area contributed by atoms with E-state index in [1.165, 1.54) is 5.57 Å². The first-order valence-corrected chi connectivity index (χ1v) is 7.85. The maximum Gasteiger partial charge on any atom is 0.339 e. The van der Waals surface area contributed by atoms with Crippen LogP contribution in [0.25, 0.3) is 11.0 Å². The highest BCUT2D eigenvalue weighted by Crippen LogP contribution is 2.29. The summed E-state index contributed by atoms with van der Waals surface area (Å²) < 4.78 is 11.2. The lowest BCUT2D eigenvalue weighted by molar-refractivity contribution is -0.136. The largest absolute Gasteiger partial charge is 0.489 e. The summed E-state index contributed by atoms with van der Waals surface area (Å²) in [5.74, 6) is -0.270. The molecule has 128 valence electrons. The van der Waals surface area contributed by atoms with Gasteiger partial charge in [0.2, 0.25) is 0 Å². The molecule has 2 aromatic rings. The predicted molar refractivity (Wildman–Crippen MR) is 92.8 cm³/mol. The Morgan fingerprint density at radius 2 is 1.96 bits per heavy atom. The minimum atomic E-state index is -0.937. The number of carboxylic acid groups (broad SMARTS) is 1. The van der Waals surface area contributed by atoms with Crippen molar-refractivity contribution in [3.63, 3.8) is 0 Å². The van der Waals surface area contributed by atoms with Crippen LogP contribution in [0.4, 0.5) is 0 Å². The molecule has 0 saturated carbocycles. The number of aliphatic carboxylic acids is 1. The lowest BCUT2D eigenvalue weighted by Gasteiger charge is -2.12. The number of rotatable bonds is 6. The Labute approximate surface area is 140 Å². The Bertz CT molecular complexity index is 854. The van der Waals surface area contributed by atoms with Gasteiger partial charge in [0.25, 0.3) is 0 Å². The molecule has 1 heterocycles. The molecule has 0 aliphatic carbocycles. The highest BCUT2D eigenvalue weighted by atomic mass is 16.5. The van der Waals surface area contributed by atoms with E-state index in [1.807, 2.05) is 45.9 Å². The molecule has 0 radical (unpaired) electrons. The normalized spacial score (nSPS) is 10.7. The number of benzene rings is 1. The lowest BCUT2D eigenvalue weighted by atomic mass is 10.0. The Morgan fingerprint density at radius 3 is 2.58 bits per heavy atom. The van der Waals surface area contributed by atoms with Gasteiger partial charge in [-0.15, -0.1) is 0 Å². The van der Waals surface area contributed by atoms with E-state index in [0.29, 0.717) is 23.5 Å². The average Bonchev–Trinajstić information content (AvgIpc) is 2.49. The van der Waals surface area contributed by atoms with Gasteiger partial charge in [-0.25, -0.2) is 4.79 Å². The molecule has 24 heavy (non-hydrogen) atoms. The topological polar surface area (TPSA) is 76.7 Å². The summed E-state index contributed by atoms with van der Waals surface area (Å²) in [5.41, 5.74) is 3.12. The molecular weight excluding hydrogens is 308 g/mol. The van der Waals surface area contributed by atoms with Crippen LogP contribution in [0.5, 0.6) is 5.75 Å². The Morgan fingerprint density at radius 1 is 1.25 bits per heavy atom. The molecule has 0 unspecified atom stereocenters. The van der Waals surface area contributed by atoms with Crippen LogP contribution in [0.2, 0.25) is 0 Å². The molecule has 0 saturated heterocycles. The zero-order chi connectivity index (χ0) is 17.9. The summed E-state index contributed by atoms with van der Waals surface area (Å²) in [5, 5.41) is 9.63. The minimum absolute atomic E-state index is 0.0972. The molecule has 0 aliphatic heterocycles. The molecule has 0 fully saturated rings. The first-order chi connectivity index (χ1) is 11.3. The van der Waals surface area contributed by atoms with Crippen LogP contribution in [0, 0.1) is 13.8 Å². The van der Waals surface area contributed by atoms with Gasteiger partial charge in [-0.05, 0) is 57.9 Å². The minimum Gasteiger partial charge on any atom is -0.489 e. The van der Waals surface area contributed by atoms with Crippen LogP contribution in [0.3, 0.4) is 0 Å². The highest BCUT2D eigenvalue weighted by Gasteiger charge is 2.15. The van der Waals surface area contributed by atoms with Crippen LogP contribution in [0.15, 0.2) is 33.0 Å². The summed E-state index contributed by atoms with van der Waals surface area (Å²) in [6.45, 7) is 8.11. The fourth-order valence-corrected chi connectivity index (χ4v) is 2.55. The van der Waals surface area contributed by atoms with Gasteiger partial charge >= 0.3 is 11.6 Å². The first kappa shape index (κ1) is 17.8. The number of carboxylic acids is 1. The number of allylic oxidation sites excluding steroid dienone is 1.